The van der Waals surface area contributed by atoms with Gasteiger partial charge in [0.2, 0.25) is 0 Å². The molecule has 4 nitrogen and oxygen atoms in total. The molecule has 1 atom stereocenters. The molecule has 120 valence electrons. The zero-order valence-corrected chi connectivity index (χ0v) is 14.6. The van der Waals surface area contributed by atoms with Crippen molar-refractivity contribution < 1.29 is 4.21 Å². The summed E-state index contributed by atoms with van der Waals surface area (Å²) in [5, 5.41) is 5.09. The van der Waals surface area contributed by atoms with Crippen molar-refractivity contribution in [3.63, 3.8) is 0 Å². The highest BCUT2D eigenvalue weighted by Crippen LogP contribution is 2.21. The predicted molar refractivity (Wildman–Crippen MR) is 94.1 cm³/mol. The second-order valence-electron chi connectivity index (χ2n) is 5.80. The van der Waals surface area contributed by atoms with E-state index in [2.05, 4.69) is 48.2 Å². The van der Waals surface area contributed by atoms with Gasteiger partial charge in [0.1, 0.15) is 0 Å². The van der Waals surface area contributed by atoms with Crippen molar-refractivity contribution >= 4 is 16.4 Å². The van der Waals surface area contributed by atoms with Crippen LogP contribution in [0.1, 0.15) is 31.0 Å². The lowest BCUT2D eigenvalue weighted by atomic mass is 10.1. The standard InChI is InChI=1S/C18H21N3OS/c1-4-5-10-23(22)18-12-17-19-16(11-14(3)21(17)20-18)15-8-6-13(2)7-9-15/h6-9,11-12H,4-5,10H2,1-3H3. The average molecular weight is 327 g/mol. The zero-order chi connectivity index (χ0) is 16.4. The average Bonchev–Trinajstić information content (AvgIpc) is 2.98. The number of hydrogen-bond acceptors (Lipinski definition) is 3. The van der Waals surface area contributed by atoms with Crippen molar-refractivity contribution in [2.24, 2.45) is 0 Å². The van der Waals surface area contributed by atoms with Crippen molar-refractivity contribution in [2.75, 3.05) is 5.75 Å². The summed E-state index contributed by atoms with van der Waals surface area (Å²) < 4.78 is 14.1. The second-order valence-corrected chi connectivity index (χ2v) is 7.32. The minimum Gasteiger partial charge on any atom is -0.253 e. The molecule has 1 unspecified atom stereocenters. The molecule has 23 heavy (non-hydrogen) atoms. The van der Waals surface area contributed by atoms with Crippen molar-refractivity contribution in [2.45, 2.75) is 38.6 Å². The molecule has 2 heterocycles. The molecule has 0 aliphatic rings. The van der Waals surface area contributed by atoms with Crippen LogP contribution in [0.3, 0.4) is 0 Å². The van der Waals surface area contributed by atoms with Crippen LogP contribution in [0.15, 0.2) is 41.4 Å². The lowest BCUT2D eigenvalue weighted by molar-refractivity contribution is 0.674. The summed E-state index contributed by atoms with van der Waals surface area (Å²) in [6.07, 6.45) is 1.98. The van der Waals surface area contributed by atoms with E-state index in [0.29, 0.717) is 10.8 Å². The summed E-state index contributed by atoms with van der Waals surface area (Å²) >= 11 is 0. The van der Waals surface area contributed by atoms with Gasteiger partial charge < -0.3 is 0 Å². The van der Waals surface area contributed by atoms with E-state index >= 15 is 0 Å². The largest absolute Gasteiger partial charge is 0.253 e. The van der Waals surface area contributed by atoms with Gasteiger partial charge in [0.25, 0.3) is 0 Å². The van der Waals surface area contributed by atoms with E-state index in [1.807, 2.05) is 19.1 Å². The Kier molecular flexibility index (Phi) is 4.57. The van der Waals surface area contributed by atoms with Crippen molar-refractivity contribution in [3.05, 3.63) is 47.7 Å². The van der Waals surface area contributed by atoms with Gasteiger partial charge >= 0.3 is 0 Å². The maximum atomic E-state index is 12.3. The minimum atomic E-state index is -1.05. The van der Waals surface area contributed by atoms with Crippen LogP contribution in [0.4, 0.5) is 0 Å². The Hall–Kier alpha value is -2.01. The SMILES string of the molecule is CCCCS(=O)c1cc2nc(-c3ccc(C)cc3)cc(C)n2n1. The molecular formula is C18H21N3OS. The van der Waals surface area contributed by atoms with E-state index in [-0.39, 0.29) is 0 Å². The Labute approximate surface area is 139 Å². The normalized spacial score (nSPS) is 12.7. The Bertz CT molecular complexity index is 853. The first-order valence-corrected chi connectivity index (χ1v) is 9.23. The lowest BCUT2D eigenvalue weighted by Gasteiger charge is -2.05. The number of fused-ring (bicyclic) bond motifs is 1. The maximum absolute atomic E-state index is 12.3. The third-order valence-electron chi connectivity index (χ3n) is 3.85. The number of nitrogens with zero attached hydrogens (tertiary/aromatic N) is 3. The predicted octanol–water partition coefficient (Wildman–Crippen LogP) is 3.92. The van der Waals surface area contributed by atoms with E-state index in [4.69, 9.17) is 0 Å². The van der Waals surface area contributed by atoms with Gasteiger partial charge in [-0.2, -0.15) is 5.10 Å². The molecule has 0 saturated heterocycles. The molecule has 0 bridgehead atoms. The van der Waals surface area contributed by atoms with Crippen LogP contribution in [0, 0.1) is 13.8 Å². The van der Waals surface area contributed by atoms with E-state index in [9.17, 15) is 4.21 Å². The number of aromatic nitrogens is 3. The molecule has 2 aromatic heterocycles. The summed E-state index contributed by atoms with van der Waals surface area (Å²) in [6.45, 7) is 6.17. The monoisotopic (exact) mass is 327 g/mol. The number of rotatable bonds is 5. The van der Waals surface area contributed by atoms with Crippen LogP contribution in [0.25, 0.3) is 16.9 Å². The molecule has 0 spiro atoms. The Morgan fingerprint density at radius 1 is 1.13 bits per heavy atom. The summed E-state index contributed by atoms with van der Waals surface area (Å²) in [5.74, 6) is 0.657. The van der Waals surface area contributed by atoms with E-state index in [1.165, 1.54) is 5.56 Å². The lowest BCUT2D eigenvalue weighted by Crippen LogP contribution is -2.00. The highest BCUT2D eigenvalue weighted by atomic mass is 32.2. The summed E-state index contributed by atoms with van der Waals surface area (Å²) in [5.41, 5.74) is 4.96. The van der Waals surface area contributed by atoms with Crippen LogP contribution < -0.4 is 0 Å². The van der Waals surface area contributed by atoms with Crippen molar-refractivity contribution in [3.8, 4) is 11.3 Å². The molecule has 1 aromatic carbocycles. The van der Waals surface area contributed by atoms with Gasteiger partial charge in [-0.05, 0) is 26.3 Å². The van der Waals surface area contributed by atoms with Crippen LogP contribution in [0.5, 0.6) is 0 Å². The van der Waals surface area contributed by atoms with Gasteiger partial charge in [-0.15, -0.1) is 0 Å². The molecule has 5 heteroatoms. The third kappa shape index (κ3) is 3.34. The minimum absolute atomic E-state index is 0.620. The quantitative estimate of drug-likeness (QED) is 0.713. The van der Waals surface area contributed by atoms with E-state index in [0.717, 1.165) is 35.4 Å². The van der Waals surface area contributed by atoms with Gasteiger partial charge in [-0.1, -0.05) is 43.2 Å². The molecule has 0 aliphatic carbocycles. The molecular weight excluding hydrogens is 306 g/mol. The van der Waals surface area contributed by atoms with Gasteiger partial charge in [0, 0.05) is 23.1 Å². The number of hydrogen-bond donors (Lipinski definition) is 0. The highest BCUT2D eigenvalue weighted by Gasteiger charge is 2.12. The topological polar surface area (TPSA) is 47.3 Å². The Morgan fingerprint density at radius 2 is 1.87 bits per heavy atom. The number of unbranched alkanes of at least 4 members (excludes halogenated alkanes) is 1. The Morgan fingerprint density at radius 3 is 2.57 bits per heavy atom. The smallest absolute Gasteiger partial charge is 0.157 e. The number of benzene rings is 1. The van der Waals surface area contributed by atoms with E-state index in [1.54, 1.807) is 4.52 Å². The first-order chi connectivity index (χ1) is 11.1. The summed E-state index contributed by atoms with van der Waals surface area (Å²) in [6, 6.07) is 12.2. The van der Waals surface area contributed by atoms with Crippen molar-refractivity contribution in [1.82, 2.24) is 14.6 Å². The van der Waals surface area contributed by atoms with Crippen molar-refractivity contribution in [1.29, 1.82) is 0 Å². The first-order valence-electron chi connectivity index (χ1n) is 7.91. The first kappa shape index (κ1) is 15.9. The summed E-state index contributed by atoms with van der Waals surface area (Å²) in [7, 11) is -1.05. The Balaban J connectivity index is 2.01. The fraction of sp³-hybridized carbons (Fsp3) is 0.333. The fourth-order valence-electron chi connectivity index (χ4n) is 2.47. The molecule has 0 radical (unpaired) electrons. The van der Waals surface area contributed by atoms with Gasteiger partial charge in [-0.3, -0.25) is 4.21 Å². The molecule has 0 saturated carbocycles. The molecule has 3 rings (SSSR count). The molecule has 0 aliphatic heterocycles. The molecule has 3 aromatic rings. The van der Waals surface area contributed by atoms with Gasteiger partial charge in [0.05, 0.1) is 16.5 Å². The number of aryl methyl sites for hydroxylation is 2. The zero-order valence-electron chi connectivity index (χ0n) is 13.7. The summed E-state index contributed by atoms with van der Waals surface area (Å²) in [4.78, 5) is 4.69. The fourth-order valence-corrected chi connectivity index (χ4v) is 3.64. The van der Waals surface area contributed by atoms with Crippen LogP contribution in [0.2, 0.25) is 0 Å². The molecule has 0 amide bonds. The van der Waals surface area contributed by atoms with E-state index < -0.39 is 10.8 Å². The van der Waals surface area contributed by atoms with Crippen LogP contribution in [-0.4, -0.2) is 24.6 Å². The van der Waals surface area contributed by atoms with Gasteiger partial charge in [-0.25, -0.2) is 9.50 Å². The molecule has 0 fully saturated rings. The van der Waals surface area contributed by atoms with Gasteiger partial charge in [0.15, 0.2) is 10.7 Å². The van der Waals surface area contributed by atoms with Crippen LogP contribution in [-0.2, 0) is 10.8 Å². The molecule has 0 N–H and O–H groups in total. The highest BCUT2D eigenvalue weighted by molar-refractivity contribution is 7.84. The third-order valence-corrected chi connectivity index (χ3v) is 5.17. The van der Waals surface area contributed by atoms with Crippen LogP contribution >= 0.6 is 0 Å². The second kappa shape index (κ2) is 6.62. The maximum Gasteiger partial charge on any atom is 0.157 e.